The van der Waals surface area contributed by atoms with Gasteiger partial charge in [0.25, 0.3) is 5.56 Å². The third kappa shape index (κ3) is 6.99. The van der Waals surface area contributed by atoms with Crippen molar-refractivity contribution in [3.8, 4) is 5.75 Å². The summed E-state index contributed by atoms with van der Waals surface area (Å²) in [5.74, 6) is 0.727. The minimum atomic E-state index is -0.0825. The Morgan fingerprint density at radius 1 is 1.13 bits per heavy atom. The maximum absolute atomic E-state index is 12.7. The Morgan fingerprint density at radius 2 is 1.90 bits per heavy atom. The first kappa shape index (κ1) is 24.2. The molecule has 0 aliphatic rings. The standard InChI is InChI=1S/C23H36N4O2S/c1-5-8-12-24-23(30)27(14-9-13-26(6-2)7-3)17-19-15-18-10-11-20(29-4)16-21(18)25-22(19)28/h10-11,15-16H,5-9,12-14,17H2,1-4H3,(H,24,30)(H,25,28). The molecule has 0 fully saturated rings. The van der Waals surface area contributed by atoms with Gasteiger partial charge in [-0.25, -0.2) is 0 Å². The number of hydrogen-bond donors (Lipinski definition) is 2. The summed E-state index contributed by atoms with van der Waals surface area (Å²) in [5.41, 5.74) is 1.41. The molecule has 0 bridgehead atoms. The van der Waals surface area contributed by atoms with E-state index in [0.717, 1.165) is 79.3 Å². The molecule has 0 aliphatic carbocycles. The molecule has 0 saturated heterocycles. The SMILES string of the molecule is CCCCNC(=S)N(CCCN(CC)CC)Cc1cc2ccc(OC)cc2[nH]c1=O. The number of unbranched alkanes of at least 4 members (excludes halogenated alkanes) is 1. The predicted octanol–water partition coefficient (Wildman–Crippen LogP) is 3.75. The lowest BCUT2D eigenvalue weighted by Crippen LogP contribution is -2.42. The highest BCUT2D eigenvalue weighted by molar-refractivity contribution is 7.80. The van der Waals surface area contributed by atoms with Gasteiger partial charge in [-0.2, -0.15) is 0 Å². The zero-order chi connectivity index (χ0) is 21.9. The minimum absolute atomic E-state index is 0.0825. The van der Waals surface area contributed by atoms with Crippen LogP contribution >= 0.6 is 12.2 Å². The first-order chi connectivity index (χ1) is 14.5. The van der Waals surface area contributed by atoms with Crippen molar-refractivity contribution in [3.63, 3.8) is 0 Å². The quantitative estimate of drug-likeness (QED) is 0.394. The molecule has 0 atom stereocenters. The molecule has 0 saturated carbocycles. The predicted molar refractivity (Wildman–Crippen MR) is 129 cm³/mol. The van der Waals surface area contributed by atoms with Crippen LogP contribution in [0.1, 0.15) is 45.6 Å². The zero-order valence-electron chi connectivity index (χ0n) is 18.8. The van der Waals surface area contributed by atoms with Gasteiger partial charge in [-0.15, -0.1) is 0 Å². The number of hydrogen-bond acceptors (Lipinski definition) is 4. The number of pyridine rings is 1. The summed E-state index contributed by atoms with van der Waals surface area (Å²) < 4.78 is 5.26. The van der Waals surface area contributed by atoms with Gasteiger partial charge < -0.3 is 24.8 Å². The molecule has 2 N–H and O–H groups in total. The number of thiocarbonyl (C=S) groups is 1. The molecule has 0 aliphatic heterocycles. The number of nitrogens with zero attached hydrogens (tertiary/aromatic N) is 2. The number of rotatable bonds is 12. The van der Waals surface area contributed by atoms with Crippen molar-refractivity contribution in [3.05, 3.63) is 40.2 Å². The van der Waals surface area contributed by atoms with E-state index in [9.17, 15) is 4.79 Å². The van der Waals surface area contributed by atoms with Crippen molar-refractivity contribution >= 4 is 28.2 Å². The van der Waals surface area contributed by atoms with Crippen LogP contribution in [0.2, 0.25) is 0 Å². The zero-order valence-corrected chi connectivity index (χ0v) is 19.6. The number of aromatic nitrogens is 1. The lowest BCUT2D eigenvalue weighted by molar-refractivity contribution is 0.279. The number of aromatic amines is 1. The van der Waals surface area contributed by atoms with E-state index in [4.69, 9.17) is 17.0 Å². The van der Waals surface area contributed by atoms with E-state index in [0.29, 0.717) is 6.54 Å². The van der Waals surface area contributed by atoms with Crippen molar-refractivity contribution < 1.29 is 4.74 Å². The van der Waals surface area contributed by atoms with Crippen LogP contribution < -0.4 is 15.6 Å². The fourth-order valence-corrected chi connectivity index (χ4v) is 3.69. The van der Waals surface area contributed by atoms with Crippen LogP contribution in [0.3, 0.4) is 0 Å². The van der Waals surface area contributed by atoms with Crippen LogP contribution in [0.4, 0.5) is 0 Å². The average Bonchev–Trinajstić information content (AvgIpc) is 2.75. The summed E-state index contributed by atoms with van der Waals surface area (Å²) in [6, 6.07) is 7.68. The topological polar surface area (TPSA) is 60.6 Å². The van der Waals surface area contributed by atoms with Crippen LogP contribution in [0.15, 0.2) is 29.1 Å². The van der Waals surface area contributed by atoms with Gasteiger partial charge in [0.05, 0.1) is 19.2 Å². The largest absolute Gasteiger partial charge is 0.497 e. The highest BCUT2D eigenvalue weighted by atomic mass is 32.1. The summed E-state index contributed by atoms with van der Waals surface area (Å²) in [7, 11) is 1.62. The second-order valence-corrected chi connectivity index (χ2v) is 7.85. The van der Waals surface area contributed by atoms with Gasteiger partial charge in [0.1, 0.15) is 5.75 Å². The molecular weight excluding hydrogens is 396 g/mol. The van der Waals surface area contributed by atoms with E-state index >= 15 is 0 Å². The Kier molecular flexibility index (Phi) is 10.1. The summed E-state index contributed by atoms with van der Waals surface area (Å²) in [4.78, 5) is 20.2. The van der Waals surface area contributed by atoms with Gasteiger partial charge in [-0.3, -0.25) is 4.79 Å². The van der Waals surface area contributed by atoms with Gasteiger partial charge in [0.2, 0.25) is 0 Å². The molecule has 30 heavy (non-hydrogen) atoms. The molecule has 2 aromatic rings. The highest BCUT2D eigenvalue weighted by Gasteiger charge is 2.14. The van der Waals surface area contributed by atoms with Crippen molar-refractivity contribution in [2.24, 2.45) is 0 Å². The van der Waals surface area contributed by atoms with Gasteiger partial charge in [-0.05, 0) is 68.3 Å². The Morgan fingerprint density at radius 3 is 2.57 bits per heavy atom. The lowest BCUT2D eigenvalue weighted by Gasteiger charge is -2.27. The molecule has 0 spiro atoms. The summed E-state index contributed by atoms with van der Waals surface area (Å²) in [6.07, 6.45) is 3.19. The fraction of sp³-hybridized carbons (Fsp3) is 0.565. The Hall–Kier alpha value is -2.12. The first-order valence-electron chi connectivity index (χ1n) is 11.0. The fourth-order valence-electron chi connectivity index (χ4n) is 3.44. The van der Waals surface area contributed by atoms with Crippen molar-refractivity contribution in [2.75, 3.05) is 39.8 Å². The summed E-state index contributed by atoms with van der Waals surface area (Å²) >= 11 is 5.67. The Bertz CT molecular complexity index is 864. The molecule has 7 heteroatoms. The van der Waals surface area contributed by atoms with Crippen molar-refractivity contribution in [1.82, 2.24) is 20.1 Å². The van der Waals surface area contributed by atoms with Gasteiger partial charge in [-0.1, -0.05) is 27.2 Å². The third-order valence-corrected chi connectivity index (χ3v) is 5.78. The second-order valence-electron chi connectivity index (χ2n) is 7.46. The normalized spacial score (nSPS) is 11.1. The van der Waals surface area contributed by atoms with Gasteiger partial charge in [0.15, 0.2) is 5.11 Å². The maximum atomic E-state index is 12.7. The number of benzene rings is 1. The van der Waals surface area contributed by atoms with Crippen molar-refractivity contribution in [2.45, 2.75) is 46.6 Å². The molecule has 0 amide bonds. The van der Waals surface area contributed by atoms with E-state index < -0.39 is 0 Å². The van der Waals surface area contributed by atoms with Crippen LogP contribution in [0.25, 0.3) is 10.9 Å². The number of H-pyrrole nitrogens is 1. The van der Waals surface area contributed by atoms with Gasteiger partial charge >= 0.3 is 0 Å². The average molecular weight is 433 g/mol. The monoisotopic (exact) mass is 432 g/mol. The number of methoxy groups -OCH3 is 1. The Labute approximate surface area is 185 Å². The number of ether oxygens (including phenoxy) is 1. The smallest absolute Gasteiger partial charge is 0.253 e. The van der Waals surface area contributed by atoms with E-state index in [1.807, 2.05) is 24.3 Å². The molecule has 6 nitrogen and oxygen atoms in total. The lowest BCUT2D eigenvalue weighted by atomic mass is 10.1. The molecule has 1 heterocycles. The molecule has 166 valence electrons. The van der Waals surface area contributed by atoms with Crippen molar-refractivity contribution in [1.29, 1.82) is 0 Å². The molecule has 0 radical (unpaired) electrons. The summed E-state index contributed by atoms with van der Waals surface area (Å²) in [5, 5.41) is 5.06. The number of fused-ring (bicyclic) bond motifs is 1. The molecule has 0 unspecified atom stereocenters. The van der Waals surface area contributed by atoms with E-state index in [1.165, 1.54) is 0 Å². The van der Waals surface area contributed by atoms with Crippen LogP contribution in [-0.4, -0.2) is 59.7 Å². The maximum Gasteiger partial charge on any atom is 0.253 e. The van der Waals surface area contributed by atoms with E-state index in [2.05, 4.69) is 40.9 Å². The molecular formula is C23H36N4O2S. The van der Waals surface area contributed by atoms with Gasteiger partial charge in [0, 0.05) is 24.7 Å². The molecule has 1 aromatic heterocycles. The van der Waals surface area contributed by atoms with Crippen LogP contribution in [0, 0.1) is 0 Å². The minimum Gasteiger partial charge on any atom is -0.497 e. The Balaban J connectivity index is 2.17. The van der Waals surface area contributed by atoms with Crippen LogP contribution in [-0.2, 0) is 6.54 Å². The van der Waals surface area contributed by atoms with Crippen LogP contribution in [0.5, 0.6) is 5.75 Å². The van der Waals surface area contributed by atoms with E-state index in [1.54, 1.807) is 7.11 Å². The molecule has 1 aromatic carbocycles. The number of nitrogens with one attached hydrogen (secondary N) is 2. The summed E-state index contributed by atoms with van der Waals surface area (Å²) in [6.45, 7) is 11.8. The first-order valence-corrected chi connectivity index (χ1v) is 11.4. The highest BCUT2D eigenvalue weighted by Crippen LogP contribution is 2.19. The second kappa shape index (κ2) is 12.5. The molecule has 2 rings (SSSR count). The van der Waals surface area contributed by atoms with E-state index in [-0.39, 0.29) is 5.56 Å². The third-order valence-electron chi connectivity index (χ3n) is 5.38.